The number of benzene rings is 1. The zero-order valence-corrected chi connectivity index (χ0v) is 15.7. The molecule has 0 amide bonds. The second-order valence-corrected chi connectivity index (χ2v) is 7.91. The van der Waals surface area contributed by atoms with E-state index in [0.717, 1.165) is 31.8 Å². The van der Waals surface area contributed by atoms with Crippen LogP contribution in [0.1, 0.15) is 26.4 Å². The van der Waals surface area contributed by atoms with Crippen molar-refractivity contribution in [1.29, 1.82) is 0 Å². The number of ketones is 2. The molecular formula is C17H12F3N3O5S. The minimum atomic E-state index is -4.77. The van der Waals surface area contributed by atoms with Crippen molar-refractivity contribution < 1.29 is 35.9 Å². The molecule has 1 heterocycles. The Kier molecular flexibility index (Phi) is 4.91. The number of methoxy groups -OCH3 is 1. The summed E-state index contributed by atoms with van der Waals surface area (Å²) in [6, 6.07) is 2.79. The summed E-state index contributed by atoms with van der Waals surface area (Å²) in [5.41, 5.74) is -2.77. The number of ether oxygens (including phenoxy) is 1. The van der Waals surface area contributed by atoms with Gasteiger partial charge in [-0.25, -0.2) is 18.4 Å². The first-order valence-electron chi connectivity index (χ1n) is 7.81. The van der Waals surface area contributed by atoms with Crippen molar-refractivity contribution in [2.45, 2.75) is 6.18 Å². The van der Waals surface area contributed by atoms with Crippen molar-refractivity contribution in [3.63, 3.8) is 0 Å². The second kappa shape index (κ2) is 6.95. The molecule has 0 spiro atoms. The Morgan fingerprint density at radius 1 is 1.14 bits per heavy atom. The number of hydrogen-bond donors (Lipinski definition) is 1. The molecule has 0 radical (unpaired) electrons. The van der Waals surface area contributed by atoms with Gasteiger partial charge < -0.3 is 10.1 Å². The fourth-order valence-corrected chi connectivity index (χ4v) is 3.70. The summed E-state index contributed by atoms with van der Waals surface area (Å²) in [6.45, 7) is 0. The largest absolute Gasteiger partial charge is 0.496 e. The zero-order chi connectivity index (χ0) is 21.6. The molecule has 0 saturated heterocycles. The molecular weight excluding hydrogens is 415 g/mol. The molecule has 0 fully saturated rings. The van der Waals surface area contributed by atoms with Crippen molar-refractivity contribution in [3.8, 4) is 5.75 Å². The van der Waals surface area contributed by atoms with Gasteiger partial charge in [0, 0.05) is 18.1 Å². The molecule has 12 heteroatoms. The van der Waals surface area contributed by atoms with E-state index in [1.54, 1.807) is 0 Å². The van der Waals surface area contributed by atoms with Gasteiger partial charge in [0.25, 0.3) is 0 Å². The Bertz CT molecular complexity index is 1170. The van der Waals surface area contributed by atoms with Crippen LogP contribution in [0.25, 0.3) is 0 Å². The highest BCUT2D eigenvalue weighted by Crippen LogP contribution is 2.38. The highest BCUT2D eigenvalue weighted by molar-refractivity contribution is 7.95. The summed E-state index contributed by atoms with van der Waals surface area (Å²) in [7, 11) is -3.17. The molecule has 0 aliphatic heterocycles. The number of sulfone groups is 1. The van der Waals surface area contributed by atoms with Crippen LogP contribution in [-0.4, -0.2) is 43.3 Å². The molecule has 3 rings (SSSR count). The number of halogens is 3. The van der Waals surface area contributed by atoms with Crippen molar-refractivity contribution in [1.82, 2.24) is 9.97 Å². The SMILES string of the molecule is COc1ccc(NC2=C(S(C)(=O)=O)C(=O)c3ncncc3C2=O)cc1C(F)(F)F. The fraction of sp³-hybridized carbons (Fsp3) is 0.176. The molecule has 1 aliphatic carbocycles. The average Bonchev–Trinajstić information content (AvgIpc) is 2.64. The van der Waals surface area contributed by atoms with Crippen LogP contribution < -0.4 is 10.1 Å². The summed E-state index contributed by atoms with van der Waals surface area (Å²) >= 11 is 0. The number of hydrogen-bond acceptors (Lipinski definition) is 8. The van der Waals surface area contributed by atoms with Gasteiger partial charge in [-0.1, -0.05) is 0 Å². The summed E-state index contributed by atoms with van der Waals surface area (Å²) in [4.78, 5) is 31.8. The second-order valence-electron chi connectivity index (χ2n) is 5.96. The summed E-state index contributed by atoms with van der Waals surface area (Å²) < 4.78 is 68.7. The molecule has 152 valence electrons. The first kappa shape index (κ1) is 20.5. The van der Waals surface area contributed by atoms with Crippen molar-refractivity contribution >= 4 is 27.1 Å². The average molecular weight is 427 g/mol. The van der Waals surface area contributed by atoms with Gasteiger partial charge in [-0.3, -0.25) is 9.59 Å². The predicted octanol–water partition coefficient (Wildman–Crippen LogP) is 2.25. The highest BCUT2D eigenvalue weighted by atomic mass is 32.2. The maximum Gasteiger partial charge on any atom is 0.420 e. The third-order valence-electron chi connectivity index (χ3n) is 3.98. The van der Waals surface area contributed by atoms with Gasteiger partial charge in [0.1, 0.15) is 28.4 Å². The lowest BCUT2D eigenvalue weighted by Gasteiger charge is -2.21. The molecule has 29 heavy (non-hydrogen) atoms. The number of allylic oxidation sites excluding steroid dienone is 2. The van der Waals surface area contributed by atoms with Crippen LogP contribution in [0.5, 0.6) is 5.75 Å². The third kappa shape index (κ3) is 3.70. The number of anilines is 1. The molecule has 2 aromatic rings. The van der Waals surface area contributed by atoms with E-state index in [0.29, 0.717) is 12.3 Å². The molecule has 1 N–H and O–H groups in total. The topological polar surface area (TPSA) is 115 Å². The van der Waals surface area contributed by atoms with Gasteiger partial charge in [-0.2, -0.15) is 13.2 Å². The number of rotatable bonds is 4. The van der Waals surface area contributed by atoms with E-state index in [1.165, 1.54) is 0 Å². The summed E-state index contributed by atoms with van der Waals surface area (Å²) in [6.07, 6.45) is -2.07. The Hall–Kier alpha value is -3.28. The number of aromatic nitrogens is 2. The van der Waals surface area contributed by atoms with Gasteiger partial charge in [0.15, 0.2) is 9.84 Å². The van der Waals surface area contributed by atoms with E-state index in [4.69, 9.17) is 0 Å². The normalized spacial score (nSPS) is 14.7. The molecule has 0 unspecified atom stereocenters. The van der Waals surface area contributed by atoms with E-state index >= 15 is 0 Å². The smallest absolute Gasteiger partial charge is 0.420 e. The van der Waals surface area contributed by atoms with E-state index in [-0.39, 0.29) is 11.3 Å². The number of alkyl halides is 3. The quantitative estimate of drug-likeness (QED) is 0.790. The van der Waals surface area contributed by atoms with Gasteiger partial charge in [0.05, 0.1) is 18.2 Å². The zero-order valence-electron chi connectivity index (χ0n) is 14.9. The van der Waals surface area contributed by atoms with Crippen LogP contribution in [-0.2, 0) is 16.0 Å². The Labute approximate surface area is 162 Å². The van der Waals surface area contributed by atoms with Crippen molar-refractivity contribution in [3.05, 3.63) is 58.1 Å². The Balaban J connectivity index is 2.18. The van der Waals surface area contributed by atoms with E-state index in [9.17, 15) is 31.2 Å². The van der Waals surface area contributed by atoms with Gasteiger partial charge >= 0.3 is 6.18 Å². The molecule has 1 aromatic heterocycles. The van der Waals surface area contributed by atoms with Crippen LogP contribution in [0.15, 0.2) is 41.3 Å². The Morgan fingerprint density at radius 3 is 2.41 bits per heavy atom. The highest BCUT2D eigenvalue weighted by Gasteiger charge is 2.39. The molecule has 8 nitrogen and oxygen atoms in total. The van der Waals surface area contributed by atoms with Crippen LogP contribution in [0.3, 0.4) is 0 Å². The minimum absolute atomic E-state index is 0.267. The monoisotopic (exact) mass is 427 g/mol. The lowest BCUT2D eigenvalue weighted by atomic mass is 9.98. The Morgan fingerprint density at radius 2 is 1.83 bits per heavy atom. The fourth-order valence-electron chi connectivity index (χ4n) is 2.75. The lowest BCUT2D eigenvalue weighted by Crippen LogP contribution is -2.30. The van der Waals surface area contributed by atoms with Crippen LogP contribution in [0, 0.1) is 0 Å². The maximum absolute atomic E-state index is 13.2. The van der Waals surface area contributed by atoms with Crippen LogP contribution >= 0.6 is 0 Å². The summed E-state index contributed by atoms with van der Waals surface area (Å²) in [5, 5.41) is 2.34. The van der Waals surface area contributed by atoms with Crippen molar-refractivity contribution in [2.24, 2.45) is 0 Å². The van der Waals surface area contributed by atoms with E-state index in [2.05, 4.69) is 20.0 Å². The molecule has 0 saturated carbocycles. The number of carbonyl (C=O) groups excluding carboxylic acids is 2. The van der Waals surface area contributed by atoms with Crippen LogP contribution in [0.4, 0.5) is 18.9 Å². The predicted molar refractivity (Wildman–Crippen MR) is 94.2 cm³/mol. The standard InChI is InChI=1S/C17H12F3N3O5S/c1-28-11-4-3-8(5-10(11)17(18,19)20)23-13-14(24)9-6-21-7-22-12(9)15(25)16(13)29(2,26)27/h3-7,23H,1-2H3. The third-order valence-corrected chi connectivity index (χ3v) is 5.11. The van der Waals surface area contributed by atoms with Gasteiger partial charge in [-0.15, -0.1) is 0 Å². The molecule has 1 aromatic carbocycles. The number of nitrogens with one attached hydrogen (secondary N) is 1. The number of carbonyl (C=O) groups is 2. The number of nitrogens with zero attached hydrogens (tertiary/aromatic N) is 2. The maximum atomic E-state index is 13.2. The van der Waals surface area contributed by atoms with Crippen LogP contribution in [0.2, 0.25) is 0 Å². The van der Waals surface area contributed by atoms with Gasteiger partial charge in [0.2, 0.25) is 11.6 Å². The lowest BCUT2D eigenvalue weighted by molar-refractivity contribution is -0.138. The molecule has 1 aliphatic rings. The first-order chi connectivity index (χ1) is 13.4. The minimum Gasteiger partial charge on any atom is -0.496 e. The van der Waals surface area contributed by atoms with E-state index < -0.39 is 55.2 Å². The van der Waals surface area contributed by atoms with Gasteiger partial charge in [-0.05, 0) is 18.2 Å². The number of fused-ring (bicyclic) bond motifs is 1. The van der Waals surface area contributed by atoms with Crippen molar-refractivity contribution in [2.75, 3.05) is 18.7 Å². The van der Waals surface area contributed by atoms with E-state index in [1.807, 2.05) is 0 Å². The first-order valence-corrected chi connectivity index (χ1v) is 9.70. The number of Topliss-reactive ketones (excluding diaryl/α,β-unsaturated/α-hetero) is 2. The summed E-state index contributed by atoms with van der Waals surface area (Å²) in [5.74, 6) is -2.47. The molecule has 0 atom stereocenters. The molecule has 0 bridgehead atoms.